The summed E-state index contributed by atoms with van der Waals surface area (Å²) in [4.78, 5) is 32.1. The molecule has 2 N–H and O–H groups in total. The molecule has 4 rings (SSSR count). The normalized spacial score (nSPS) is 13.8. The van der Waals surface area contributed by atoms with E-state index in [-0.39, 0.29) is 41.1 Å². The fourth-order valence-electron chi connectivity index (χ4n) is 4.08. The van der Waals surface area contributed by atoms with Gasteiger partial charge in [-0.2, -0.15) is 26.3 Å². The highest BCUT2D eigenvalue weighted by Crippen LogP contribution is 2.31. The lowest BCUT2D eigenvalue weighted by molar-refractivity contribution is -0.137. The average Bonchev–Trinajstić information content (AvgIpc) is 2.93. The van der Waals surface area contributed by atoms with E-state index in [4.69, 9.17) is 0 Å². The Balaban J connectivity index is 1.44. The van der Waals surface area contributed by atoms with Crippen LogP contribution in [0.2, 0.25) is 0 Å². The molecule has 2 amide bonds. The zero-order valence-electron chi connectivity index (χ0n) is 21.2. The molecule has 13 heteroatoms. The summed E-state index contributed by atoms with van der Waals surface area (Å²) >= 11 is 0. The summed E-state index contributed by atoms with van der Waals surface area (Å²) < 4.78 is 77.7. The van der Waals surface area contributed by atoms with Crippen molar-refractivity contribution in [2.45, 2.75) is 12.4 Å². The summed E-state index contributed by atoms with van der Waals surface area (Å²) in [6.45, 7) is -0.390. The molecule has 0 spiro atoms. The van der Waals surface area contributed by atoms with Gasteiger partial charge < -0.3 is 20.2 Å². The first-order valence-electron chi connectivity index (χ1n) is 12.2. The molecule has 1 aromatic heterocycles. The number of halogens is 6. The third-order valence-electron chi connectivity index (χ3n) is 6.09. The standard InChI is InChI=1S/C28H22F6N4O3/c29-27(30,31)17-36-25(40)20-3-5-23(6-4-20)37-7-9-38(10-8-37)26(41)21-11-18(12-22(14-21)28(32,33)34)1-2-19-13-24(39)16-35-15-19/h3-6,11-16,39H,7-10,17H2,(H,36,40). The molecule has 0 unspecified atom stereocenters. The summed E-state index contributed by atoms with van der Waals surface area (Å²) in [6.07, 6.45) is -6.72. The third kappa shape index (κ3) is 7.91. The molecule has 214 valence electrons. The number of amides is 2. The molecule has 1 aliphatic heterocycles. The first kappa shape index (κ1) is 29.3. The predicted octanol–water partition coefficient (Wildman–Crippen LogP) is 4.46. The van der Waals surface area contributed by atoms with E-state index >= 15 is 0 Å². The lowest BCUT2D eigenvalue weighted by Crippen LogP contribution is -2.48. The van der Waals surface area contributed by atoms with Crippen LogP contribution in [-0.4, -0.2) is 65.7 Å². The van der Waals surface area contributed by atoms with Crippen LogP contribution in [-0.2, 0) is 6.18 Å². The maximum atomic E-state index is 13.6. The summed E-state index contributed by atoms with van der Waals surface area (Å²) in [5, 5.41) is 11.3. The fraction of sp³-hybridized carbons (Fsp3) is 0.250. The van der Waals surface area contributed by atoms with E-state index in [1.165, 1.54) is 41.6 Å². The first-order chi connectivity index (χ1) is 19.3. The van der Waals surface area contributed by atoms with Crippen LogP contribution >= 0.6 is 0 Å². The average molecular weight is 576 g/mol. The Hall–Kier alpha value is -4.73. The number of pyridine rings is 1. The minimum Gasteiger partial charge on any atom is -0.506 e. The van der Waals surface area contributed by atoms with Crippen LogP contribution in [0.15, 0.2) is 60.9 Å². The minimum atomic E-state index is -4.71. The van der Waals surface area contributed by atoms with E-state index in [0.717, 1.165) is 12.1 Å². The summed E-state index contributed by atoms with van der Waals surface area (Å²) in [7, 11) is 0. The van der Waals surface area contributed by atoms with E-state index in [0.29, 0.717) is 18.8 Å². The molecule has 3 aromatic rings. The van der Waals surface area contributed by atoms with Gasteiger partial charge in [0.1, 0.15) is 12.3 Å². The van der Waals surface area contributed by atoms with E-state index in [9.17, 15) is 41.0 Å². The van der Waals surface area contributed by atoms with Crippen LogP contribution in [0.4, 0.5) is 32.0 Å². The van der Waals surface area contributed by atoms with Crippen molar-refractivity contribution in [1.82, 2.24) is 15.2 Å². The number of piperazine rings is 1. The molecule has 41 heavy (non-hydrogen) atoms. The Bertz CT molecular complexity index is 1490. The number of carbonyl (C=O) groups is 2. The van der Waals surface area contributed by atoms with Crippen LogP contribution in [0.25, 0.3) is 0 Å². The van der Waals surface area contributed by atoms with E-state index in [1.807, 2.05) is 4.90 Å². The van der Waals surface area contributed by atoms with Crippen LogP contribution < -0.4 is 10.2 Å². The van der Waals surface area contributed by atoms with Crippen LogP contribution in [0.3, 0.4) is 0 Å². The third-order valence-corrected chi connectivity index (χ3v) is 6.09. The van der Waals surface area contributed by atoms with E-state index in [1.54, 1.807) is 17.4 Å². The molecule has 7 nitrogen and oxygen atoms in total. The molecule has 2 heterocycles. The fourth-order valence-corrected chi connectivity index (χ4v) is 4.08. The van der Waals surface area contributed by atoms with Crippen molar-refractivity contribution in [3.8, 4) is 17.6 Å². The second-order valence-corrected chi connectivity index (χ2v) is 9.10. The summed E-state index contributed by atoms with van der Waals surface area (Å²) in [5.74, 6) is 3.59. The van der Waals surface area contributed by atoms with Gasteiger partial charge in [0, 0.05) is 60.3 Å². The Labute approximate surface area is 230 Å². The highest BCUT2D eigenvalue weighted by Gasteiger charge is 2.33. The molecule has 0 saturated carbocycles. The number of alkyl halides is 6. The quantitative estimate of drug-likeness (QED) is 0.354. The Morgan fingerprint density at radius 3 is 2.12 bits per heavy atom. The molecular weight excluding hydrogens is 554 g/mol. The van der Waals surface area contributed by atoms with Gasteiger partial charge in [-0.1, -0.05) is 11.8 Å². The number of benzene rings is 2. The molecule has 2 aromatic carbocycles. The number of carbonyl (C=O) groups excluding carboxylic acids is 2. The maximum absolute atomic E-state index is 13.6. The summed E-state index contributed by atoms with van der Waals surface area (Å²) in [6, 6.07) is 10.1. The highest BCUT2D eigenvalue weighted by atomic mass is 19.4. The van der Waals surface area contributed by atoms with E-state index < -0.39 is 36.3 Å². The Morgan fingerprint density at radius 1 is 0.854 bits per heavy atom. The van der Waals surface area contributed by atoms with Gasteiger partial charge in [0.2, 0.25) is 0 Å². The van der Waals surface area contributed by atoms with Crippen molar-refractivity contribution < 1.29 is 41.0 Å². The second-order valence-electron chi connectivity index (χ2n) is 9.10. The molecule has 1 aliphatic rings. The second kappa shape index (κ2) is 11.8. The number of hydrogen-bond donors (Lipinski definition) is 2. The number of hydrogen-bond acceptors (Lipinski definition) is 5. The Morgan fingerprint density at radius 2 is 1.51 bits per heavy atom. The lowest BCUT2D eigenvalue weighted by Gasteiger charge is -2.36. The number of anilines is 1. The number of nitrogens with one attached hydrogen (secondary N) is 1. The van der Waals surface area contributed by atoms with Crippen molar-refractivity contribution in [3.05, 3.63) is 88.7 Å². The first-order valence-corrected chi connectivity index (χ1v) is 12.2. The number of aromatic hydroxyl groups is 1. The SMILES string of the molecule is O=C(NCC(F)(F)F)c1ccc(N2CCN(C(=O)c3cc(C#Cc4cncc(O)c4)cc(C(F)(F)F)c3)CC2)cc1. The molecule has 1 saturated heterocycles. The molecule has 0 radical (unpaired) electrons. The van der Waals surface area contributed by atoms with Gasteiger partial charge >= 0.3 is 12.4 Å². The van der Waals surface area contributed by atoms with Crippen molar-refractivity contribution in [1.29, 1.82) is 0 Å². The molecular formula is C28H22F6N4O3. The molecule has 0 bridgehead atoms. The van der Waals surface area contributed by atoms with Gasteiger partial charge in [-0.05, 0) is 48.5 Å². The van der Waals surface area contributed by atoms with Gasteiger partial charge in [0.15, 0.2) is 0 Å². The van der Waals surface area contributed by atoms with Gasteiger partial charge in [-0.15, -0.1) is 0 Å². The largest absolute Gasteiger partial charge is 0.506 e. The van der Waals surface area contributed by atoms with Gasteiger partial charge in [-0.3, -0.25) is 14.6 Å². The molecule has 0 aliphatic carbocycles. The molecule has 0 atom stereocenters. The van der Waals surface area contributed by atoms with Crippen molar-refractivity contribution in [3.63, 3.8) is 0 Å². The monoisotopic (exact) mass is 576 g/mol. The van der Waals surface area contributed by atoms with Crippen molar-refractivity contribution in [2.24, 2.45) is 0 Å². The highest BCUT2D eigenvalue weighted by molar-refractivity contribution is 5.95. The van der Waals surface area contributed by atoms with Crippen LogP contribution in [0.5, 0.6) is 5.75 Å². The van der Waals surface area contributed by atoms with E-state index in [2.05, 4.69) is 16.8 Å². The van der Waals surface area contributed by atoms with Crippen molar-refractivity contribution in [2.75, 3.05) is 37.6 Å². The zero-order chi connectivity index (χ0) is 29.8. The topological polar surface area (TPSA) is 85.8 Å². The summed E-state index contributed by atoms with van der Waals surface area (Å²) in [5.41, 5.74) is -0.246. The minimum absolute atomic E-state index is 0.0375. The van der Waals surface area contributed by atoms with Gasteiger partial charge in [-0.25, -0.2) is 0 Å². The Kier molecular flexibility index (Phi) is 8.41. The van der Waals surface area contributed by atoms with Gasteiger partial charge in [0.25, 0.3) is 11.8 Å². The lowest BCUT2D eigenvalue weighted by atomic mass is 10.0. The zero-order valence-corrected chi connectivity index (χ0v) is 21.2. The smallest absolute Gasteiger partial charge is 0.416 e. The van der Waals surface area contributed by atoms with Crippen LogP contribution in [0.1, 0.15) is 37.4 Å². The van der Waals surface area contributed by atoms with Crippen LogP contribution in [0, 0.1) is 11.8 Å². The van der Waals surface area contributed by atoms with Crippen molar-refractivity contribution >= 4 is 17.5 Å². The molecule has 1 fully saturated rings. The maximum Gasteiger partial charge on any atom is 0.416 e. The van der Waals surface area contributed by atoms with Gasteiger partial charge in [0.05, 0.1) is 11.8 Å². The number of nitrogens with zero attached hydrogens (tertiary/aromatic N) is 3. The number of aromatic nitrogens is 1. The predicted molar refractivity (Wildman–Crippen MR) is 136 cm³/mol. The number of rotatable bonds is 4.